The monoisotopic (exact) mass is 328 g/mol. The van der Waals surface area contributed by atoms with Crippen LogP contribution in [0.1, 0.15) is 0 Å². The summed E-state index contributed by atoms with van der Waals surface area (Å²) in [7, 11) is 1.63. The number of methoxy groups -OCH3 is 1. The molecule has 0 saturated carbocycles. The van der Waals surface area contributed by atoms with Gasteiger partial charge in [-0.05, 0) is 12.1 Å². The van der Waals surface area contributed by atoms with E-state index in [0.29, 0.717) is 12.1 Å². The average molecular weight is 328 g/mol. The van der Waals surface area contributed by atoms with Gasteiger partial charge in [0.05, 0.1) is 38.6 Å². The molecule has 0 spiro atoms. The van der Waals surface area contributed by atoms with E-state index in [1.54, 1.807) is 13.3 Å². The van der Waals surface area contributed by atoms with E-state index >= 15 is 0 Å². The number of aromatic amines is 1. The van der Waals surface area contributed by atoms with Crippen molar-refractivity contribution in [3.63, 3.8) is 0 Å². The number of hydrogen-bond acceptors (Lipinski definition) is 5. The molecule has 0 bridgehead atoms. The van der Waals surface area contributed by atoms with Crippen LogP contribution in [0, 0.1) is 0 Å². The van der Waals surface area contributed by atoms with Crippen molar-refractivity contribution >= 4 is 21.8 Å². The van der Waals surface area contributed by atoms with Crippen molar-refractivity contribution in [1.82, 2.24) is 19.7 Å². The van der Waals surface area contributed by atoms with E-state index < -0.39 is 0 Å². The molecule has 1 aliphatic heterocycles. The van der Waals surface area contributed by atoms with Gasteiger partial charge in [-0.15, -0.1) is 0 Å². The van der Waals surface area contributed by atoms with Gasteiger partial charge in [-0.1, -0.05) is 0 Å². The van der Waals surface area contributed by atoms with Crippen molar-refractivity contribution in [2.75, 3.05) is 40.0 Å². The maximum absolute atomic E-state index is 12.7. The zero-order valence-corrected chi connectivity index (χ0v) is 13.6. The summed E-state index contributed by atoms with van der Waals surface area (Å²) < 4.78 is 12.1. The van der Waals surface area contributed by atoms with Crippen molar-refractivity contribution in [3.05, 3.63) is 34.7 Å². The molecule has 0 atom stereocenters. The van der Waals surface area contributed by atoms with E-state index in [4.69, 9.17) is 9.47 Å². The van der Waals surface area contributed by atoms with E-state index in [0.717, 1.165) is 54.9 Å². The van der Waals surface area contributed by atoms with Crippen LogP contribution in [0.5, 0.6) is 5.75 Å². The number of morpholine rings is 1. The molecule has 0 radical (unpaired) electrons. The van der Waals surface area contributed by atoms with Gasteiger partial charge in [0.25, 0.3) is 5.56 Å². The molecule has 0 unspecified atom stereocenters. The lowest BCUT2D eigenvalue weighted by Crippen LogP contribution is -2.39. The number of H-pyrrole nitrogens is 1. The molecule has 2 aromatic heterocycles. The molecule has 1 aromatic carbocycles. The van der Waals surface area contributed by atoms with Gasteiger partial charge in [0.15, 0.2) is 0 Å². The van der Waals surface area contributed by atoms with Crippen LogP contribution < -0.4 is 10.3 Å². The van der Waals surface area contributed by atoms with E-state index in [2.05, 4.69) is 15.0 Å². The smallest absolute Gasteiger partial charge is 0.291 e. The first-order valence-corrected chi connectivity index (χ1v) is 8.12. The normalized spacial score (nSPS) is 16.0. The Labute approximate surface area is 138 Å². The molecule has 1 aliphatic rings. The summed E-state index contributed by atoms with van der Waals surface area (Å²) in [4.78, 5) is 18.2. The zero-order chi connectivity index (χ0) is 16.5. The Morgan fingerprint density at radius 3 is 2.88 bits per heavy atom. The Kier molecular flexibility index (Phi) is 3.95. The van der Waals surface area contributed by atoms with Crippen molar-refractivity contribution in [3.8, 4) is 5.75 Å². The van der Waals surface area contributed by atoms with E-state index in [-0.39, 0.29) is 5.56 Å². The van der Waals surface area contributed by atoms with E-state index in [1.165, 1.54) is 4.68 Å². The second-order valence-corrected chi connectivity index (χ2v) is 5.95. The third-order valence-electron chi connectivity index (χ3n) is 4.55. The molecule has 7 nitrogen and oxygen atoms in total. The van der Waals surface area contributed by atoms with E-state index in [1.807, 2.05) is 18.2 Å². The molecule has 7 heteroatoms. The molecule has 1 saturated heterocycles. The molecule has 0 aliphatic carbocycles. The molecule has 3 heterocycles. The number of hydrogen-bond donors (Lipinski definition) is 1. The largest absolute Gasteiger partial charge is 0.497 e. The quantitative estimate of drug-likeness (QED) is 0.780. The predicted molar refractivity (Wildman–Crippen MR) is 91.7 cm³/mol. The van der Waals surface area contributed by atoms with Crippen LogP contribution in [0.25, 0.3) is 21.8 Å². The standard InChI is InChI=1S/C17H20N4O3/c1-23-12-2-3-13-14-11-18-21(5-4-20-6-8-24-9-7-20)17(22)16(14)19-15(13)10-12/h2-3,10-11,19H,4-9H2,1H3. The summed E-state index contributed by atoms with van der Waals surface area (Å²) in [6.45, 7) is 4.70. The van der Waals surface area contributed by atoms with Gasteiger partial charge in [-0.2, -0.15) is 5.10 Å². The summed E-state index contributed by atoms with van der Waals surface area (Å²) in [5, 5.41) is 6.18. The highest BCUT2D eigenvalue weighted by Crippen LogP contribution is 2.26. The third kappa shape index (κ3) is 2.65. The van der Waals surface area contributed by atoms with Crippen LogP contribution in [0.3, 0.4) is 0 Å². The van der Waals surface area contributed by atoms with Crippen LogP contribution >= 0.6 is 0 Å². The molecular formula is C17H20N4O3. The number of benzene rings is 1. The van der Waals surface area contributed by atoms with Gasteiger partial charge >= 0.3 is 0 Å². The fraction of sp³-hybridized carbons (Fsp3) is 0.412. The fourth-order valence-corrected chi connectivity index (χ4v) is 3.16. The van der Waals surface area contributed by atoms with Crippen molar-refractivity contribution in [2.45, 2.75) is 6.54 Å². The van der Waals surface area contributed by atoms with Crippen LogP contribution in [-0.2, 0) is 11.3 Å². The highest BCUT2D eigenvalue weighted by Gasteiger charge is 2.13. The maximum Gasteiger partial charge on any atom is 0.291 e. The van der Waals surface area contributed by atoms with Crippen LogP contribution in [0.2, 0.25) is 0 Å². The highest BCUT2D eigenvalue weighted by molar-refractivity contribution is 6.06. The van der Waals surface area contributed by atoms with Crippen molar-refractivity contribution in [1.29, 1.82) is 0 Å². The lowest BCUT2D eigenvalue weighted by Gasteiger charge is -2.26. The van der Waals surface area contributed by atoms with Gasteiger partial charge in [-0.3, -0.25) is 9.69 Å². The Bertz CT molecular complexity index is 925. The molecule has 4 rings (SSSR count). The summed E-state index contributed by atoms with van der Waals surface area (Å²) in [5.74, 6) is 0.759. The lowest BCUT2D eigenvalue weighted by atomic mass is 10.2. The number of ether oxygens (including phenoxy) is 2. The highest BCUT2D eigenvalue weighted by atomic mass is 16.5. The number of nitrogens with one attached hydrogen (secondary N) is 1. The summed E-state index contributed by atoms with van der Waals surface area (Å²) in [6.07, 6.45) is 1.77. The number of rotatable bonds is 4. The van der Waals surface area contributed by atoms with Crippen LogP contribution in [-0.4, -0.2) is 59.6 Å². The molecular weight excluding hydrogens is 308 g/mol. The fourth-order valence-electron chi connectivity index (χ4n) is 3.16. The van der Waals surface area contributed by atoms with Gasteiger partial charge in [0.1, 0.15) is 11.3 Å². The van der Waals surface area contributed by atoms with E-state index in [9.17, 15) is 4.79 Å². The lowest BCUT2D eigenvalue weighted by molar-refractivity contribution is 0.0358. The minimum absolute atomic E-state index is 0.0871. The molecule has 24 heavy (non-hydrogen) atoms. The Morgan fingerprint density at radius 2 is 2.08 bits per heavy atom. The first-order valence-electron chi connectivity index (χ1n) is 8.12. The molecule has 0 amide bonds. The number of fused-ring (bicyclic) bond motifs is 3. The first kappa shape index (κ1) is 15.2. The first-order chi connectivity index (χ1) is 11.8. The van der Waals surface area contributed by atoms with Crippen LogP contribution in [0.4, 0.5) is 0 Å². The van der Waals surface area contributed by atoms with Gasteiger partial charge in [-0.25, -0.2) is 4.68 Å². The van der Waals surface area contributed by atoms with Crippen molar-refractivity contribution < 1.29 is 9.47 Å². The maximum atomic E-state index is 12.7. The number of aromatic nitrogens is 3. The molecule has 1 N–H and O–H groups in total. The van der Waals surface area contributed by atoms with Crippen molar-refractivity contribution in [2.24, 2.45) is 0 Å². The second kappa shape index (κ2) is 6.26. The number of nitrogens with zero attached hydrogens (tertiary/aromatic N) is 3. The summed E-state index contributed by atoms with van der Waals surface area (Å²) >= 11 is 0. The predicted octanol–water partition coefficient (Wildman–Crippen LogP) is 1.22. The summed E-state index contributed by atoms with van der Waals surface area (Å²) in [5.41, 5.74) is 1.39. The molecule has 126 valence electrons. The van der Waals surface area contributed by atoms with Gasteiger partial charge < -0.3 is 14.5 Å². The second-order valence-electron chi connectivity index (χ2n) is 5.95. The molecule has 3 aromatic rings. The Balaban J connectivity index is 1.66. The SMILES string of the molecule is COc1ccc2c(c1)[nH]c1c(=O)n(CCN3CCOCC3)ncc12. The zero-order valence-electron chi connectivity index (χ0n) is 13.6. The minimum Gasteiger partial charge on any atom is -0.497 e. The third-order valence-corrected chi connectivity index (χ3v) is 4.55. The molecule has 1 fully saturated rings. The average Bonchev–Trinajstić information content (AvgIpc) is 3.00. The van der Waals surface area contributed by atoms with Gasteiger partial charge in [0.2, 0.25) is 0 Å². The minimum atomic E-state index is -0.0871. The van der Waals surface area contributed by atoms with Gasteiger partial charge in [0, 0.05) is 36.5 Å². The Hall–Kier alpha value is -2.38. The van der Waals surface area contributed by atoms with Crippen LogP contribution in [0.15, 0.2) is 29.2 Å². The Morgan fingerprint density at radius 1 is 1.25 bits per heavy atom. The summed E-state index contributed by atoms with van der Waals surface area (Å²) in [6, 6.07) is 5.73. The topological polar surface area (TPSA) is 72.4 Å².